The van der Waals surface area contributed by atoms with E-state index in [0.29, 0.717) is 25.1 Å². The van der Waals surface area contributed by atoms with Gasteiger partial charge in [0.15, 0.2) is 0 Å². The molecule has 1 atom stereocenters. The van der Waals surface area contributed by atoms with Gasteiger partial charge in [-0.05, 0) is 30.9 Å². The van der Waals surface area contributed by atoms with E-state index in [1.165, 1.54) is 6.07 Å². The van der Waals surface area contributed by atoms with Crippen LogP contribution in [-0.2, 0) is 16.0 Å². The summed E-state index contributed by atoms with van der Waals surface area (Å²) in [6.07, 6.45) is 1.68. The molecule has 0 spiro atoms. The number of halogens is 2. The molecule has 1 heterocycles. The van der Waals surface area contributed by atoms with Gasteiger partial charge < -0.3 is 14.8 Å². The van der Waals surface area contributed by atoms with E-state index in [1.807, 2.05) is 0 Å². The third-order valence-corrected chi connectivity index (χ3v) is 3.10. The first-order valence-corrected chi connectivity index (χ1v) is 6.59. The second kappa shape index (κ2) is 7.19. The molecule has 1 N–H and O–H groups in total. The van der Waals surface area contributed by atoms with Crippen LogP contribution in [-0.4, -0.2) is 31.8 Å². The Morgan fingerprint density at radius 2 is 2.25 bits per heavy atom. The van der Waals surface area contributed by atoms with Crippen molar-refractivity contribution >= 4 is 5.91 Å². The molecule has 0 saturated carbocycles. The van der Waals surface area contributed by atoms with Crippen molar-refractivity contribution < 1.29 is 23.0 Å². The van der Waals surface area contributed by atoms with E-state index >= 15 is 0 Å². The molecule has 1 amide bonds. The standard InChI is InChI=1S/C14H17F2NO3/c15-14(16)20-11-5-2-1-4-10(11)7-8-17-13(18)12-6-3-9-19-12/h1-2,4-5,12,14H,3,6-9H2,(H,17,18)/t12-/m0/s1. The van der Waals surface area contributed by atoms with E-state index < -0.39 is 6.61 Å². The minimum absolute atomic E-state index is 0.144. The molecular formula is C14H17F2NO3. The van der Waals surface area contributed by atoms with Crippen LogP contribution < -0.4 is 10.1 Å². The average Bonchev–Trinajstić information content (AvgIpc) is 2.94. The first kappa shape index (κ1) is 14.7. The predicted octanol–water partition coefficient (Wildman–Crippen LogP) is 2.13. The quantitative estimate of drug-likeness (QED) is 0.871. The van der Waals surface area contributed by atoms with Crippen LogP contribution in [0.1, 0.15) is 18.4 Å². The lowest BCUT2D eigenvalue weighted by Crippen LogP contribution is -2.35. The Bertz CT molecular complexity index is 448. The van der Waals surface area contributed by atoms with Crippen LogP contribution in [0.4, 0.5) is 8.78 Å². The summed E-state index contributed by atoms with van der Waals surface area (Å²) in [6.45, 7) is -1.87. The molecule has 1 aromatic rings. The van der Waals surface area contributed by atoms with Gasteiger partial charge in [-0.15, -0.1) is 0 Å². The summed E-state index contributed by atoms with van der Waals surface area (Å²) >= 11 is 0. The van der Waals surface area contributed by atoms with Gasteiger partial charge in [0.2, 0.25) is 5.91 Å². The molecule has 4 nitrogen and oxygen atoms in total. The van der Waals surface area contributed by atoms with Crippen LogP contribution >= 0.6 is 0 Å². The minimum atomic E-state index is -2.85. The van der Waals surface area contributed by atoms with Crippen molar-refractivity contribution in [2.75, 3.05) is 13.2 Å². The first-order chi connectivity index (χ1) is 9.66. The van der Waals surface area contributed by atoms with Crippen LogP contribution in [0, 0.1) is 0 Å². The molecule has 20 heavy (non-hydrogen) atoms. The summed E-state index contributed by atoms with van der Waals surface area (Å²) in [5, 5.41) is 2.75. The number of nitrogens with one attached hydrogen (secondary N) is 1. The molecule has 1 aliphatic heterocycles. The van der Waals surface area contributed by atoms with Crippen molar-refractivity contribution in [3.8, 4) is 5.75 Å². The van der Waals surface area contributed by atoms with E-state index in [-0.39, 0.29) is 17.8 Å². The first-order valence-electron chi connectivity index (χ1n) is 6.59. The van der Waals surface area contributed by atoms with Gasteiger partial charge in [-0.1, -0.05) is 18.2 Å². The third-order valence-electron chi connectivity index (χ3n) is 3.10. The second-order valence-corrected chi connectivity index (χ2v) is 4.53. The average molecular weight is 285 g/mol. The van der Waals surface area contributed by atoms with Gasteiger partial charge >= 0.3 is 6.61 Å². The van der Waals surface area contributed by atoms with E-state index in [9.17, 15) is 13.6 Å². The number of alkyl halides is 2. The fourth-order valence-corrected chi connectivity index (χ4v) is 2.14. The van der Waals surface area contributed by atoms with Crippen LogP contribution in [0.25, 0.3) is 0 Å². The van der Waals surface area contributed by atoms with Crippen molar-refractivity contribution in [2.24, 2.45) is 0 Å². The predicted molar refractivity (Wildman–Crippen MR) is 68.8 cm³/mol. The van der Waals surface area contributed by atoms with Crippen molar-refractivity contribution in [1.82, 2.24) is 5.32 Å². The topological polar surface area (TPSA) is 47.6 Å². The summed E-state index contributed by atoms with van der Waals surface area (Å²) in [4.78, 5) is 11.7. The molecule has 0 aromatic heterocycles. The van der Waals surface area contributed by atoms with Gasteiger partial charge in [-0.3, -0.25) is 4.79 Å². The lowest BCUT2D eigenvalue weighted by atomic mass is 10.1. The zero-order valence-electron chi connectivity index (χ0n) is 11.0. The number of carbonyl (C=O) groups excluding carboxylic acids is 1. The fourth-order valence-electron chi connectivity index (χ4n) is 2.14. The number of benzene rings is 1. The number of para-hydroxylation sites is 1. The van der Waals surface area contributed by atoms with Crippen molar-refractivity contribution in [3.63, 3.8) is 0 Å². The Labute approximate surface area is 116 Å². The molecule has 0 bridgehead atoms. The fraction of sp³-hybridized carbons (Fsp3) is 0.500. The number of hydrogen-bond donors (Lipinski definition) is 1. The van der Waals surface area contributed by atoms with Gasteiger partial charge in [0.05, 0.1) is 0 Å². The lowest BCUT2D eigenvalue weighted by molar-refractivity contribution is -0.130. The number of hydrogen-bond acceptors (Lipinski definition) is 3. The van der Waals surface area contributed by atoms with Gasteiger partial charge in [-0.25, -0.2) is 0 Å². The summed E-state index contributed by atoms with van der Waals surface area (Å²) in [6, 6.07) is 6.57. The lowest BCUT2D eigenvalue weighted by Gasteiger charge is -2.12. The summed E-state index contributed by atoms with van der Waals surface area (Å²) in [5.74, 6) is 0.00336. The summed E-state index contributed by atoms with van der Waals surface area (Å²) in [5.41, 5.74) is 0.639. The molecule has 1 fully saturated rings. The van der Waals surface area contributed by atoms with Crippen LogP contribution in [0.3, 0.4) is 0 Å². The van der Waals surface area contributed by atoms with Crippen molar-refractivity contribution in [3.05, 3.63) is 29.8 Å². The molecule has 0 radical (unpaired) electrons. The highest BCUT2D eigenvalue weighted by molar-refractivity contribution is 5.80. The third kappa shape index (κ3) is 4.16. The summed E-state index contributed by atoms with van der Waals surface area (Å²) < 4.78 is 34.2. The molecule has 1 saturated heterocycles. The SMILES string of the molecule is O=C(NCCc1ccccc1OC(F)F)[C@@H]1CCCO1. The van der Waals surface area contributed by atoms with E-state index in [2.05, 4.69) is 10.1 Å². The van der Waals surface area contributed by atoms with Crippen LogP contribution in [0.15, 0.2) is 24.3 Å². The molecule has 1 aliphatic rings. The molecular weight excluding hydrogens is 268 g/mol. The maximum Gasteiger partial charge on any atom is 0.387 e. The van der Waals surface area contributed by atoms with E-state index in [1.54, 1.807) is 18.2 Å². The highest BCUT2D eigenvalue weighted by Crippen LogP contribution is 2.20. The molecule has 1 aromatic carbocycles. The Morgan fingerprint density at radius 1 is 1.45 bits per heavy atom. The maximum absolute atomic E-state index is 12.2. The Morgan fingerprint density at radius 3 is 2.95 bits per heavy atom. The Hall–Kier alpha value is -1.69. The largest absolute Gasteiger partial charge is 0.435 e. The molecule has 110 valence electrons. The molecule has 6 heteroatoms. The number of amides is 1. The zero-order chi connectivity index (χ0) is 14.4. The monoisotopic (exact) mass is 285 g/mol. The Kier molecular flexibility index (Phi) is 5.29. The molecule has 0 unspecified atom stereocenters. The highest BCUT2D eigenvalue weighted by Gasteiger charge is 2.22. The van der Waals surface area contributed by atoms with Crippen LogP contribution in [0.5, 0.6) is 5.75 Å². The van der Waals surface area contributed by atoms with Crippen molar-refractivity contribution in [2.45, 2.75) is 32.0 Å². The van der Waals surface area contributed by atoms with Gasteiger partial charge in [-0.2, -0.15) is 8.78 Å². The van der Waals surface area contributed by atoms with Gasteiger partial charge in [0.1, 0.15) is 11.9 Å². The molecule has 2 rings (SSSR count). The normalized spacial score (nSPS) is 18.2. The number of ether oxygens (including phenoxy) is 2. The number of rotatable bonds is 6. The van der Waals surface area contributed by atoms with Crippen molar-refractivity contribution in [1.29, 1.82) is 0 Å². The van der Waals surface area contributed by atoms with E-state index in [0.717, 1.165) is 12.8 Å². The van der Waals surface area contributed by atoms with E-state index in [4.69, 9.17) is 4.74 Å². The highest BCUT2D eigenvalue weighted by atomic mass is 19.3. The van der Waals surface area contributed by atoms with Gasteiger partial charge in [0.25, 0.3) is 0 Å². The second-order valence-electron chi connectivity index (χ2n) is 4.53. The summed E-state index contributed by atoms with van der Waals surface area (Å²) in [7, 11) is 0. The Balaban J connectivity index is 1.82. The number of carbonyl (C=O) groups is 1. The molecule has 0 aliphatic carbocycles. The smallest absolute Gasteiger partial charge is 0.387 e. The minimum Gasteiger partial charge on any atom is -0.435 e. The van der Waals surface area contributed by atoms with Crippen LogP contribution in [0.2, 0.25) is 0 Å². The zero-order valence-corrected chi connectivity index (χ0v) is 11.0. The van der Waals surface area contributed by atoms with Gasteiger partial charge in [0, 0.05) is 13.2 Å². The maximum atomic E-state index is 12.2.